The molecule has 0 saturated carbocycles. The predicted octanol–water partition coefficient (Wildman–Crippen LogP) is 3.16. The molecule has 0 aliphatic carbocycles. The second-order valence-corrected chi connectivity index (χ2v) is 5.65. The van der Waals surface area contributed by atoms with E-state index in [2.05, 4.69) is 56.9 Å². The van der Waals surface area contributed by atoms with Crippen molar-refractivity contribution in [1.29, 1.82) is 0 Å². The lowest BCUT2D eigenvalue weighted by Gasteiger charge is -2.17. The number of hydrogen-bond acceptors (Lipinski definition) is 5. The number of nitrogens with zero attached hydrogens (tertiary/aromatic N) is 4. The summed E-state index contributed by atoms with van der Waals surface area (Å²) in [4.78, 5) is 6.53. The van der Waals surface area contributed by atoms with E-state index >= 15 is 0 Å². The zero-order valence-corrected chi connectivity index (χ0v) is 13.8. The molecule has 1 N–H and O–H groups in total. The Kier molecular flexibility index (Phi) is 5.35. The van der Waals surface area contributed by atoms with Gasteiger partial charge in [0, 0.05) is 20.1 Å². The van der Waals surface area contributed by atoms with Gasteiger partial charge in [-0.05, 0) is 17.5 Å². The van der Waals surface area contributed by atoms with Gasteiger partial charge >= 0.3 is 0 Å². The van der Waals surface area contributed by atoms with Crippen molar-refractivity contribution in [3.63, 3.8) is 0 Å². The van der Waals surface area contributed by atoms with Crippen molar-refractivity contribution in [3.8, 4) is 0 Å². The fourth-order valence-corrected chi connectivity index (χ4v) is 2.45. The molecule has 0 spiro atoms. The largest absolute Gasteiger partial charge is 0.368 e. The lowest BCUT2D eigenvalue weighted by molar-refractivity contribution is 0.827. The number of anilines is 2. The first kappa shape index (κ1) is 15.9. The highest BCUT2D eigenvalue weighted by Crippen LogP contribution is 2.11. The lowest BCUT2D eigenvalue weighted by atomic mass is 10.1. The van der Waals surface area contributed by atoms with Crippen molar-refractivity contribution in [2.24, 2.45) is 0 Å². The molecule has 0 unspecified atom stereocenters. The second kappa shape index (κ2) is 8.06. The monoisotopic (exact) mass is 319 g/mol. The highest BCUT2D eigenvalue weighted by atomic mass is 15.3. The third-order valence-electron chi connectivity index (χ3n) is 3.71. The fraction of sp³-hybridized carbons (Fsp3) is 0.211. The highest BCUT2D eigenvalue weighted by molar-refractivity contribution is 5.39. The van der Waals surface area contributed by atoms with E-state index in [4.69, 9.17) is 0 Å². The molecule has 0 atom stereocenters. The number of hydrogen-bond donors (Lipinski definition) is 1. The van der Waals surface area contributed by atoms with E-state index < -0.39 is 0 Å². The quantitative estimate of drug-likeness (QED) is 0.725. The lowest BCUT2D eigenvalue weighted by Crippen LogP contribution is -2.20. The predicted molar refractivity (Wildman–Crippen MR) is 97.0 cm³/mol. The summed E-state index contributed by atoms with van der Waals surface area (Å²) < 4.78 is 0. The third-order valence-corrected chi connectivity index (χ3v) is 3.71. The summed E-state index contributed by atoms with van der Waals surface area (Å²) in [5.74, 6) is 1.36. The molecule has 0 fully saturated rings. The Labute approximate surface area is 142 Å². The molecule has 24 heavy (non-hydrogen) atoms. The van der Waals surface area contributed by atoms with Crippen LogP contribution in [-0.4, -0.2) is 28.8 Å². The van der Waals surface area contributed by atoms with Gasteiger partial charge in [-0.3, -0.25) is 0 Å². The molecule has 1 aromatic heterocycles. The van der Waals surface area contributed by atoms with Gasteiger partial charge in [-0.2, -0.15) is 10.1 Å². The molecule has 0 amide bonds. The van der Waals surface area contributed by atoms with Crippen LogP contribution in [0.1, 0.15) is 11.1 Å². The van der Waals surface area contributed by atoms with Crippen molar-refractivity contribution in [3.05, 3.63) is 78.0 Å². The Hall–Kier alpha value is -2.95. The van der Waals surface area contributed by atoms with Crippen LogP contribution >= 0.6 is 0 Å². The van der Waals surface area contributed by atoms with Gasteiger partial charge in [0.2, 0.25) is 5.95 Å². The molecule has 2 aromatic carbocycles. The minimum absolute atomic E-state index is 0.614. The standard InChI is InChI=1S/C19H21N5/c1-24(15-17-10-6-3-7-11-17)19-22-18(14-21-23-19)20-13-12-16-8-4-2-5-9-16/h2-11,14H,12-13,15H2,1H3,(H,20,22,23). The van der Waals surface area contributed by atoms with Crippen LogP contribution < -0.4 is 10.2 Å². The van der Waals surface area contributed by atoms with Crippen LogP contribution in [-0.2, 0) is 13.0 Å². The zero-order valence-electron chi connectivity index (χ0n) is 13.8. The molecule has 0 aliphatic rings. The Bertz CT molecular complexity index is 746. The first-order valence-electron chi connectivity index (χ1n) is 8.04. The maximum Gasteiger partial charge on any atom is 0.247 e. The third kappa shape index (κ3) is 4.52. The summed E-state index contributed by atoms with van der Waals surface area (Å²) in [7, 11) is 1.97. The van der Waals surface area contributed by atoms with Crippen molar-refractivity contribution >= 4 is 11.8 Å². The second-order valence-electron chi connectivity index (χ2n) is 5.65. The molecule has 0 radical (unpaired) electrons. The first-order valence-corrected chi connectivity index (χ1v) is 8.04. The van der Waals surface area contributed by atoms with E-state index in [-0.39, 0.29) is 0 Å². The number of benzene rings is 2. The summed E-state index contributed by atoms with van der Waals surface area (Å²) in [5.41, 5.74) is 2.51. The van der Waals surface area contributed by atoms with Gasteiger partial charge in [0.1, 0.15) is 0 Å². The summed E-state index contributed by atoms with van der Waals surface area (Å²) in [5, 5.41) is 11.5. The van der Waals surface area contributed by atoms with E-state index in [1.165, 1.54) is 11.1 Å². The van der Waals surface area contributed by atoms with E-state index in [1.54, 1.807) is 6.20 Å². The molecule has 3 rings (SSSR count). The Morgan fingerprint density at radius 2 is 1.58 bits per heavy atom. The summed E-state index contributed by atoms with van der Waals surface area (Å²) >= 11 is 0. The molecule has 5 nitrogen and oxygen atoms in total. The van der Waals surface area contributed by atoms with Crippen molar-refractivity contribution in [2.45, 2.75) is 13.0 Å². The van der Waals surface area contributed by atoms with Gasteiger partial charge in [-0.25, -0.2) is 0 Å². The highest BCUT2D eigenvalue weighted by Gasteiger charge is 2.07. The van der Waals surface area contributed by atoms with Crippen LogP contribution in [0.4, 0.5) is 11.8 Å². The van der Waals surface area contributed by atoms with Gasteiger partial charge < -0.3 is 10.2 Å². The Morgan fingerprint density at radius 3 is 2.29 bits per heavy atom. The Balaban J connectivity index is 1.57. The minimum atomic E-state index is 0.614. The average molecular weight is 319 g/mol. The Morgan fingerprint density at radius 1 is 0.917 bits per heavy atom. The average Bonchev–Trinajstić information content (AvgIpc) is 2.64. The number of rotatable bonds is 7. The molecule has 0 saturated heterocycles. The zero-order chi connectivity index (χ0) is 16.6. The normalized spacial score (nSPS) is 10.4. The maximum absolute atomic E-state index is 4.54. The van der Waals surface area contributed by atoms with Crippen LogP contribution in [0, 0.1) is 0 Å². The van der Waals surface area contributed by atoms with Gasteiger partial charge in [0.05, 0.1) is 6.20 Å². The van der Waals surface area contributed by atoms with Gasteiger partial charge in [-0.15, -0.1) is 5.10 Å². The van der Waals surface area contributed by atoms with Crippen LogP contribution in [0.3, 0.4) is 0 Å². The smallest absolute Gasteiger partial charge is 0.247 e. The molecular weight excluding hydrogens is 298 g/mol. The summed E-state index contributed by atoms with van der Waals surface area (Å²) in [6, 6.07) is 20.6. The summed E-state index contributed by atoms with van der Waals surface area (Å²) in [6.45, 7) is 1.56. The molecular formula is C19H21N5. The van der Waals surface area contributed by atoms with Crippen molar-refractivity contribution < 1.29 is 0 Å². The summed E-state index contributed by atoms with van der Waals surface area (Å²) in [6.07, 6.45) is 2.60. The first-order chi connectivity index (χ1) is 11.8. The van der Waals surface area contributed by atoms with E-state index in [0.29, 0.717) is 5.95 Å². The molecule has 1 heterocycles. The maximum atomic E-state index is 4.54. The molecule has 0 bridgehead atoms. The van der Waals surface area contributed by atoms with E-state index in [1.807, 2.05) is 36.2 Å². The fourth-order valence-electron chi connectivity index (χ4n) is 2.45. The SMILES string of the molecule is CN(Cc1ccccc1)c1nncc(NCCc2ccccc2)n1. The van der Waals surface area contributed by atoms with Crippen LogP contribution in [0.2, 0.25) is 0 Å². The molecule has 122 valence electrons. The van der Waals surface area contributed by atoms with Crippen LogP contribution in [0.5, 0.6) is 0 Å². The topological polar surface area (TPSA) is 53.9 Å². The molecule has 3 aromatic rings. The van der Waals surface area contributed by atoms with Gasteiger partial charge in [0.25, 0.3) is 0 Å². The van der Waals surface area contributed by atoms with E-state index in [0.717, 1.165) is 25.3 Å². The van der Waals surface area contributed by atoms with Crippen LogP contribution in [0.25, 0.3) is 0 Å². The van der Waals surface area contributed by atoms with Gasteiger partial charge in [-0.1, -0.05) is 60.7 Å². The van der Waals surface area contributed by atoms with Crippen molar-refractivity contribution in [2.75, 3.05) is 23.8 Å². The van der Waals surface area contributed by atoms with Gasteiger partial charge in [0.15, 0.2) is 5.82 Å². The number of nitrogens with one attached hydrogen (secondary N) is 1. The minimum Gasteiger partial charge on any atom is -0.368 e. The molecule has 5 heteroatoms. The van der Waals surface area contributed by atoms with Crippen molar-refractivity contribution in [1.82, 2.24) is 15.2 Å². The van der Waals surface area contributed by atoms with E-state index in [9.17, 15) is 0 Å². The van der Waals surface area contributed by atoms with Crippen LogP contribution in [0.15, 0.2) is 66.9 Å². The number of aromatic nitrogens is 3. The molecule has 0 aliphatic heterocycles.